The van der Waals surface area contributed by atoms with Crippen LogP contribution in [-0.4, -0.2) is 52.3 Å². The number of methoxy groups -OCH3 is 1. The summed E-state index contributed by atoms with van der Waals surface area (Å²) in [5.41, 5.74) is 2.20. The number of aromatic carboxylic acids is 1. The summed E-state index contributed by atoms with van der Waals surface area (Å²) in [4.78, 5) is 18.0. The number of fused-ring (bicyclic) bond motifs is 6. The van der Waals surface area contributed by atoms with Crippen LogP contribution in [0.5, 0.6) is 5.75 Å². The number of aromatic nitrogens is 1. The Morgan fingerprint density at radius 3 is 2.51 bits per heavy atom. The number of rotatable bonds is 5. The Labute approximate surface area is 239 Å². The number of hydrogen-bond acceptors (Lipinski definition) is 5. The summed E-state index contributed by atoms with van der Waals surface area (Å²) in [6, 6.07) is 25.2. The maximum Gasteiger partial charge on any atom is 0.336 e. The van der Waals surface area contributed by atoms with Crippen molar-refractivity contribution in [1.29, 1.82) is 0 Å². The lowest BCUT2D eigenvalue weighted by molar-refractivity contribution is -0.0444. The van der Waals surface area contributed by atoms with Crippen LogP contribution in [0.3, 0.4) is 0 Å². The SMILES string of the molecule is C=C[C@H]1C[N@]2CC[C@H]1C[C@H]2[C@H](O)c1ccnc2ccc(OC)cc12.O=C(O)c1cccc2cc3ccccc3cc12. The van der Waals surface area contributed by atoms with Crippen molar-refractivity contribution in [2.24, 2.45) is 11.8 Å². The predicted molar refractivity (Wildman–Crippen MR) is 163 cm³/mol. The van der Waals surface area contributed by atoms with E-state index in [9.17, 15) is 9.90 Å². The van der Waals surface area contributed by atoms with Gasteiger partial charge in [-0.25, -0.2) is 4.79 Å². The van der Waals surface area contributed by atoms with Gasteiger partial charge in [0.2, 0.25) is 0 Å². The van der Waals surface area contributed by atoms with Crippen LogP contribution in [0.15, 0.2) is 97.7 Å². The first-order valence-electron chi connectivity index (χ1n) is 14.1. The normalized spacial score (nSPS) is 22.2. The van der Waals surface area contributed by atoms with E-state index in [0.717, 1.165) is 63.3 Å². The smallest absolute Gasteiger partial charge is 0.336 e. The van der Waals surface area contributed by atoms with Gasteiger partial charge < -0.3 is 14.9 Å². The zero-order valence-electron chi connectivity index (χ0n) is 23.1. The Morgan fingerprint density at radius 1 is 1.02 bits per heavy atom. The van der Waals surface area contributed by atoms with Gasteiger partial charge in [-0.05, 0) is 101 Å². The zero-order chi connectivity index (χ0) is 28.5. The van der Waals surface area contributed by atoms with Crippen LogP contribution in [0.2, 0.25) is 0 Å². The Kier molecular flexibility index (Phi) is 7.43. The molecule has 2 bridgehead atoms. The molecule has 5 aromatic rings. The van der Waals surface area contributed by atoms with E-state index < -0.39 is 12.1 Å². The molecule has 41 heavy (non-hydrogen) atoms. The van der Waals surface area contributed by atoms with Crippen molar-refractivity contribution >= 4 is 38.4 Å². The molecule has 3 aliphatic heterocycles. The molecule has 3 aliphatic rings. The summed E-state index contributed by atoms with van der Waals surface area (Å²) in [5, 5.41) is 25.2. The molecular weight excluding hydrogens is 512 g/mol. The highest BCUT2D eigenvalue weighted by atomic mass is 16.5. The minimum Gasteiger partial charge on any atom is -0.497 e. The van der Waals surface area contributed by atoms with E-state index in [-0.39, 0.29) is 6.04 Å². The van der Waals surface area contributed by atoms with Crippen LogP contribution in [0, 0.1) is 11.8 Å². The first kappa shape index (κ1) is 26.9. The number of hydrogen-bond donors (Lipinski definition) is 2. The van der Waals surface area contributed by atoms with Gasteiger partial charge in [0.15, 0.2) is 0 Å². The molecule has 3 saturated heterocycles. The van der Waals surface area contributed by atoms with Gasteiger partial charge in [-0.3, -0.25) is 9.88 Å². The molecule has 2 N–H and O–H groups in total. The summed E-state index contributed by atoms with van der Waals surface area (Å²) >= 11 is 0. The third-order valence-corrected chi connectivity index (χ3v) is 8.80. The molecular formula is C35H34N2O4. The third-order valence-electron chi connectivity index (χ3n) is 8.80. The van der Waals surface area contributed by atoms with Crippen LogP contribution in [0.1, 0.15) is 34.9 Å². The number of pyridine rings is 1. The minimum atomic E-state index is -0.883. The molecule has 6 nitrogen and oxygen atoms in total. The summed E-state index contributed by atoms with van der Waals surface area (Å²) in [7, 11) is 1.66. The van der Waals surface area contributed by atoms with Crippen LogP contribution in [0.4, 0.5) is 0 Å². The second-order valence-corrected chi connectivity index (χ2v) is 11.0. The summed E-state index contributed by atoms with van der Waals surface area (Å²) in [6.45, 7) is 6.07. The van der Waals surface area contributed by atoms with Gasteiger partial charge in [0.25, 0.3) is 0 Å². The molecule has 1 aromatic heterocycles. The Balaban J connectivity index is 0.000000156. The molecule has 208 valence electrons. The molecule has 3 fully saturated rings. The third kappa shape index (κ3) is 5.17. The molecule has 8 rings (SSSR count). The second-order valence-electron chi connectivity index (χ2n) is 11.0. The van der Waals surface area contributed by atoms with Crippen molar-refractivity contribution in [3.63, 3.8) is 0 Å². The van der Waals surface area contributed by atoms with E-state index in [1.165, 1.54) is 6.42 Å². The van der Waals surface area contributed by atoms with Crippen molar-refractivity contribution in [2.45, 2.75) is 25.0 Å². The molecule has 0 amide bonds. The summed E-state index contributed by atoms with van der Waals surface area (Å²) in [6.07, 6.45) is 5.62. The van der Waals surface area contributed by atoms with Gasteiger partial charge in [-0.2, -0.15) is 0 Å². The fourth-order valence-corrected chi connectivity index (χ4v) is 6.60. The van der Waals surface area contributed by atoms with E-state index in [4.69, 9.17) is 9.84 Å². The number of piperidine rings is 3. The van der Waals surface area contributed by atoms with E-state index >= 15 is 0 Å². The van der Waals surface area contributed by atoms with Gasteiger partial charge in [0.05, 0.1) is 24.3 Å². The monoisotopic (exact) mass is 546 g/mol. The Bertz CT molecular complexity index is 1750. The van der Waals surface area contributed by atoms with Gasteiger partial charge in [-0.1, -0.05) is 42.5 Å². The van der Waals surface area contributed by atoms with Crippen molar-refractivity contribution < 1.29 is 19.7 Å². The highest BCUT2D eigenvalue weighted by molar-refractivity contribution is 6.08. The lowest BCUT2D eigenvalue weighted by atomic mass is 9.73. The summed E-state index contributed by atoms with van der Waals surface area (Å²) in [5.74, 6) is 1.12. The first-order valence-corrected chi connectivity index (χ1v) is 14.1. The molecule has 5 atom stereocenters. The minimum absolute atomic E-state index is 0.178. The molecule has 6 heteroatoms. The number of ether oxygens (including phenoxy) is 1. The number of nitrogens with zero attached hydrogens (tertiary/aromatic N) is 2. The Hall–Kier alpha value is -4.26. The van der Waals surface area contributed by atoms with Gasteiger partial charge in [0.1, 0.15) is 5.75 Å². The largest absolute Gasteiger partial charge is 0.497 e. The zero-order valence-corrected chi connectivity index (χ0v) is 23.1. The molecule has 4 aromatic carbocycles. The van der Waals surface area contributed by atoms with Crippen LogP contribution < -0.4 is 4.74 Å². The van der Waals surface area contributed by atoms with E-state index in [1.807, 2.05) is 66.7 Å². The standard InChI is InChI=1S/C20H24N2O2.C15H10O2/c1-3-13-12-22-9-7-14(13)10-19(22)20(23)16-6-8-21-18-5-4-15(24-2)11-17(16)18;16-15(17)13-7-3-6-12-8-10-4-1-2-5-11(10)9-14(12)13/h3-6,8,11,13-14,19-20,23H,1,7,9-10,12H2,2H3;1-9H,(H,16,17)/t13-,14-,19-,20+;/m0./s1. The molecule has 0 radical (unpaired) electrons. The van der Waals surface area contributed by atoms with E-state index in [1.54, 1.807) is 25.4 Å². The average molecular weight is 547 g/mol. The maximum absolute atomic E-state index is 11.2. The number of carbonyl (C=O) groups is 1. The van der Waals surface area contributed by atoms with Gasteiger partial charge >= 0.3 is 5.97 Å². The number of carboxylic acid groups (broad SMARTS) is 1. The lowest BCUT2D eigenvalue weighted by Crippen LogP contribution is -2.54. The van der Waals surface area contributed by atoms with Crippen molar-refractivity contribution in [3.8, 4) is 5.75 Å². The molecule has 0 unspecified atom stereocenters. The summed E-state index contributed by atoms with van der Waals surface area (Å²) < 4.78 is 5.35. The first-order chi connectivity index (χ1) is 20.0. The predicted octanol–water partition coefficient (Wildman–Crippen LogP) is 6.86. The quantitative estimate of drug-likeness (QED) is 0.185. The lowest BCUT2D eigenvalue weighted by Gasteiger charge is -2.50. The van der Waals surface area contributed by atoms with E-state index in [2.05, 4.69) is 22.5 Å². The number of aliphatic hydroxyl groups is 1. The fourth-order valence-electron chi connectivity index (χ4n) is 6.60. The fraction of sp³-hybridized carbons (Fsp3) is 0.257. The van der Waals surface area contributed by atoms with Crippen LogP contribution in [-0.2, 0) is 0 Å². The Morgan fingerprint density at radius 2 is 1.80 bits per heavy atom. The van der Waals surface area contributed by atoms with Crippen LogP contribution >= 0.6 is 0 Å². The van der Waals surface area contributed by atoms with Crippen molar-refractivity contribution in [2.75, 3.05) is 20.2 Å². The number of aliphatic hydroxyl groups excluding tert-OH is 1. The topological polar surface area (TPSA) is 82.9 Å². The average Bonchev–Trinajstić information content (AvgIpc) is 3.02. The highest BCUT2D eigenvalue weighted by Gasteiger charge is 2.42. The number of carboxylic acids is 1. The molecule has 0 saturated carbocycles. The highest BCUT2D eigenvalue weighted by Crippen LogP contribution is 2.42. The van der Waals surface area contributed by atoms with Crippen molar-refractivity contribution in [1.82, 2.24) is 9.88 Å². The van der Waals surface area contributed by atoms with Crippen molar-refractivity contribution in [3.05, 3.63) is 109 Å². The van der Waals surface area contributed by atoms with Gasteiger partial charge in [-0.15, -0.1) is 6.58 Å². The second kappa shape index (κ2) is 11.3. The van der Waals surface area contributed by atoms with Gasteiger partial charge in [0, 0.05) is 24.2 Å². The maximum atomic E-state index is 11.2. The molecule has 0 aliphatic carbocycles. The van der Waals surface area contributed by atoms with Crippen LogP contribution in [0.25, 0.3) is 32.4 Å². The molecule has 0 spiro atoms. The number of benzene rings is 4. The van der Waals surface area contributed by atoms with E-state index in [0.29, 0.717) is 17.4 Å². The molecule has 4 heterocycles.